The standard InChI is InChI=1S/C15H25NO4/c1-11(20-12-7-4-2-3-5-8-12)14(17)16-10-6-9-13(16)15(18)19/h11-13H,2-10H2,1H3,(H,18,19)/t11?,13-/m1/s1. The SMILES string of the molecule is CC(OC1CCCCCC1)C(=O)N1CCC[C@@H]1C(=O)O. The van der Waals surface area contributed by atoms with Crippen LogP contribution in [-0.4, -0.2) is 46.7 Å². The number of amides is 1. The number of ether oxygens (including phenoxy) is 1. The average Bonchev–Trinajstić information content (AvgIpc) is 2.77. The van der Waals surface area contributed by atoms with Crippen molar-refractivity contribution in [1.82, 2.24) is 4.90 Å². The molecule has 5 heteroatoms. The van der Waals surface area contributed by atoms with Crippen LogP contribution in [0, 0.1) is 0 Å². The summed E-state index contributed by atoms with van der Waals surface area (Å²) >= 11 is 0. The molecule has 114 valence electrons. The second-order valence-electron chi connectivity index (χ2n) is 5.92. The van der Waals surface area contributed by atoms with Crippen LogP contribution in [0.15, 0.2) is 0 Å². The molecule has 0 aromatic heterocycles. The number of carbonyl (C=O) groups is 2. The summed E-state index contributed by atoms with van der Waals surface area (Å²) < 4.78 is 5.89. The van der Waals surface area contributed by atoms with Crippen molar-refractivity contribution in [3.05, 3.63) is 0 Å². The normalized spacial score (nSPS) is 26.2. The van der Waals surface area contributed by atoms with Crippen LogP contribution in [0.4, 0.5) is 0 Å². The largest absolute Gasteiger partial charge is 0.480 e. The molecular weight excluding hydrogens is 258 g/mol. The highest BCUT2D eigenvalue weighted by atomic mass is 16.5. The number of carboxylic acids is 1. The Balaban J connectivity index is 1.89. The fraction of sp³-hybridized carbons (Fsp3) is 0.867. The maximum Gasteiger partial charge on any atom is 0.326 e. The summed E-state index contributed by atoms with van der Waals surface area (Å²) in [5.74, 6) is -1.07. The van der Waals surface area contributed by atoms with E-state index in [-0.39, 0.29) is 12.0 Å². The third-order valence-electron chi connectivity index (χ3n) is 4.37. The van der Waals surface area contributed by atoms with E-state index in [1.54, 1.807) is 6.92 Å². The molecule has 5 nitrogen and oxygen atoms in total. The van der Waals surface area contributed by atoms with E-state index in [1.807, 2.05) is 0 Å². The highest BCUT2D eigenvalue weighted by molar-refractivity contribution is 5.86. The summed E-state index contributed by atoms with van der Waals surface area (Å²) in [5, 5.41) is 9.14. The molecule has 1 saturated heterocycles. The van der Waals surface area contributed by atoms with Crippen molar-refractivity contribution in [2.24, 2.45) is 0 Å². The van der Waals surface area contributed by atoms with Crippen molar-refractivity contribution < 1.29 is 19.4 Å². The van der Waals surface area contributed by atoms with E-state index >= 15 is 0 Å². The summed E-state index contributed by atoms with van der Waals surface area (Å²) in [6.07, 6.45) is 7.78. The van der Waals surface area contributed by atoms with Crippen molar-refractivity contribution in [3.8, 4) is 0 Å². The van der Waals surface area contributed by atoms with Gasteiger partial charge in [-0.2, -0.15) is 0 Å². The summed E-state index contributed by atoms with van der Waals surface area (Å²) in [6.45, 7) is 2.29. The first kappa shape index (κ1) is 15.3. The van der Waals surface area contributed by atoms with Gasteiger partial charge in [-0.15, -0.1) is 0 Å². The highest BCUT2D eigenvalue weighted by Gasteiger charge is 2.36. The lowest BCUT2D eigenvalue weighted by Crippen LogP contribution is -2.46. The van der Waals surface area contributed by atoms with Gasteiger partial charge in [-0.3, -0.25) is 4.79 Å². The van der Waals surface area contributed by atoms with Crippen LogP contribution in [0.25, 0.3) is 0 Å². The number of nitrogens with zero attached hydrogens (tertiary/aromatic N) is 1. The van der Waals surface area contributed by atoms with E-state index in [1.165, 1.54) is 17.7 Å². The lowest BCUT2D eigenvalue weighted by Gasteiger charge is -2.27. The first-order valence-electron chi connectivity index (χ1n) is 7.78. The third kappa shape index (κ3) is 3.72. The van der Waals surface area contributed by atoms with Crippen LogP contribution >= 0.6 is 0 Å². The van der Waals surface area contributed by atoms with Crippen molar-refractivity contribution >= 4 is 11.9 Å². The van der Waals surface area contributed by atoms with E-state index in [2.05, 4.69) is 0 Å². The van der Waals surface area contributed by atoms with Gasteiger partial charge >= 0.3 is 5.97 Å². The van der Waals surface area contributed by atoms with Gasteiger partial charge < -0.3 is 14.7 Å². The topological polar surface area (TPSA) is 66.8 Å². The summed E-state index contributed by atoms with van der Waals surface area (Å²) in [7, 11) is 0. The van der Waals surface area contributed by atoms with Crippen molar-refractivity contribution in [2.75, 3.05) is 6.54 Å². The predicted octanol–water partition coefficient (Wildman–Crippen LogP) is 2.19. The highest BCUT2D eigenvalue weighted by Crippen LogP contribution is 2.23. The number of carbonyl (C=O) groups excluding carboxylic acids is 1. The number of hydrogen-bond acceptors (Lipinski definition) is 3. The van der Waals surface area contributed by atoms with E-state index < -0.39 is 18.1 Å². The molecule has 2 fully saturated rings. The molecule has 2 rings (SSSR count). The average molecular weight is 283 g/mol. The lowest BCUT2D eigenvalue weighted by atomic mass is 10.1. The molecule has 0 spiro atoms. The molecule has 20 heavy (non-hydrogen) atoms. The molecule has 0 radical (unpaired) electrons. The van der Waals surface area contributed by atoms with Crippen LogP contribution in [0.1, 0.15) is 58.3 Å². The second-order valence-corrected chi connectivity index (χ2v) is 5.92. The fourth-order valence-electron chi connectivity index (χ4n) is 3.25. The van der Waals surface area contributed by atoms with E-state index in [9.17, 15) is 9.59 Å². The zero-order chi connectivity index (χ0) is 14.5. The molecule has 0 aromatic rings. The molecule has 2 atom stereocenters. The van der Waals surface area contributed by atoms with Gasteiger partial charge in [0.05, 0.1) is 6.10 Å². The van der Waals surface area contributed by atoms with Gasteiger partial charge in [-0.1, -0.05) is 25.7 Å². The minimum atomic E-state index is -0.905. The molecule has 1 unspecified atom stereocenters. The van der Waals surface area contributed by atoms with Crippen LogP contribution in [0.2, 0.25) is 0 Å². The molecule has 1 N–H and O–H groups in total. The Hall–Kier alpha value is -1.10. The molecule has 1 amide bonds. The Bertz CT molecular complexity index is 350. The first-order chi connectivity index (χ1) is 9.59. The van der Waals surface area contributed by atoms with Crippen LogP contribution in [0.3, 0.4) is 0 Å². The summed E-state index contributed by atoms with van der Waals surface area (Å²) in [6, 6.07) is -0.664. The summed E-state index contributed by atoms with van der Waals surface area (Å²) in [4.78, 5) is 25.0. The smallest absolute Gasteiger partial charge is 0.326 e. The van der Waals surface area contributed by atoms with Crippen LogP contribution < -0.4 is 0 Å². The molecule has 1 aliphatic carbocycles. The van der Waals surface area contributed by atoms with E-state index in [4.69, 9.17) is 9.84 Å². The fourth-order valence-corrected chi connectivity index (χ4v) is 3.25. The number of rotatable bonds is 4. The number of carboxylic acid groups (broad SMARTS) is 1. The second kappa shape index (κ2) is 7.07. The Kier molecular flexibility index (Phi) is 5.40. The maximum absolute atomic E-state index is 12.4. The lowest BCUT2D eigenvalue weighted by molar-refractivity contribution is -0.155. The summed E-state index contributed by atoms with van der Waals surface area (Å²) in [5.41, 5.74) is 0. The van der Waals surface area contributed by atoms with Gasteiger partial charge in [-0.25, -0.2) is 4.79 Å². The van der Waals surface area contributed by atoms with Crippen molar-refractivity contribution in [2.45, 2.75) is 76.5 Å². The molecule has 1 aliphatic heterocycles. The monoisotopic (exact) mass is 283 g/mol. The maximum atomic E-state index is 12.4. The molecule has 0 bridgehead atoms. The Morgan fingerprint density at radius 2 is 1.75 bits per heavy atom. The molecule has 2 aliphatic rings. The quantitative estimate of drug-likeness (QED) is 0.803. The van der Waals surface area contributed by atoms with Gasteiger partial charge in [0.1, 0.15) is 12.1 Å². The van der Waals surface area contributed by atoms with Gasteiger partial charge in [0, 0.05) is 6.54 Å². The molecule has 0 aromatic carbocycles. The molecule has 1 saturated carbocycles. The minimum Gasteiger partial charge on any atom is -0.480 e. The Morgan fingerprint density at radius 1 is 1.10 bits per heavy atom. The number of hydrogen-bond donors (Lipinski definition) is 1. The van der Waals surface area contributed by atoms with Gasteiger partial charge in [0.2, 0.25) is 0 Å². The number of aliphatic carboxylic acids is 1. The van der Waals surface area contributed by atoms with Gasteiger partial charge in [0.15, 0.2) is 0 Å². The molecular formula is C15H25NO4. The zero-order valence-corrected chi connectivity index (χ0v) is 12.2. The minimum absolute atomic E-state index is 0.155. The van der Waals surface area contributed by atoms with Gasteiger partial charge in [-0.05, 0) is 32.6 Å². The van der Waals surface area contributed by atoms with Crippen LogP contribution in [0.5, 0.6) is 0 Å². The van der Waals surface area contributed by atoms with Gasteiger partial charge in [0.25, 0.3) is 5.91 Å². The van der Waals surface area contributed by atoms with Crippen LogP contribution in [-0.2, 0) is 14.3 Å². The van der Waals surface area contributed by atoms with Crippen molar-refractivity contribution in [3.63, 3.8) is 0 Å². The van der Waals surface area contributed by atoms with E-state index in [0.29, 0.717) is 13.0 Å². The molecule has 1 heterocycles. The van der Waals surface area contributed by atoms with Crippen molar-refractivity contribution in [1.29, 1.82) is 0 Å². The zero-order valence-electron chi connectivity index (χ0n) is 12.2. The predicted molar refractivity (Wildman–Crippen MR) is 74.4 cm³/mol. The Labute approximate surface area is 120 Å². The first-order valence-corrected chi connectivity index (χ1v) is 7.78. The Morgan fingerprint density at radius 3 is 2.35 bits per heavy atom. The number of likely N-dealkylation sites (tertiary alicyclic amines) is 1. The third-order valence-corrected chi connectivity index (χ3v) is 4.37. The van der Waals surface area contributed by atoms with E-state index in [0.717, 1.165) is 32.1 Å².